The summed E-state index contributed by atoms with van der Waals surface area (Å²) in [6, 6.07) is 16.7. The quantitative estimate of drug-likeness (QED) is 0.644. The van der Waals surface area contributed by atoms with E-state index in [1.165, 1.54) is 0 Å². The van der Waals surface area contributed by atoms with E-state index in [0.717, 1.165) is 0 Å². The molecule has 0 unspecified atom stereocenters. The highest BCUT2D eigenvalue weighted by molar-refractivity contribution is 6.03. The molecule has 1 amide bonds. The second-order valence-corrected chi connectivity index (χ2v) is 3.97. The van der Waals surface area contributed by atoms with Crippen molar-refractivity contribution in [2.75, 3.05) is 0 Å². The van der Waals surface area contributed by atoms with E-state index in [-0.39, 0.29) is 0 Å². The zero-order valence-corrected chi connectivity index (χ0v) is 10.1. The molecule has 0 saturated heterocycles. The topological polar surface area (TPSA) is 66.4 Å². The maximum Gasteiger partial charge on any atom is 0.253 e. The van der Waals surface area contributed by atoms with Crippen molar-refractivity contribution >= 4 is 11.7 Å². The Kier molecular flexibility index (Phi) is 4.05. The van der Waals surface area contributed by atoms with Gasteiger partial charge in [-0.05, 0) is 12.1 Å². The Balaban J connectivity index is 2.04. The molecule has 2 N–H and O–H groups in total. The van der Waals surface area contributed by atoms with Gasteiger partial charge in [-0.3, -0.25) is 9.59 Å². The second kappa shape index (κ2) is 5.93. The summed E-state index contributed by atoms with van der Waals surface area (Å²) in [5.41, 5.74) is 0.741. The van der Waals surface area contributed by atoms with Crippen LogP contribution in [0.4, 0.5) is 0 Å². The van der Waals surface area contributed by atoms with E-state index in [9.17, 15) is 14.7 Å². The number of benzene rings is 2. The van der Waals surface area contributed by atoms with Crippen molar-refractivity contribution in [3.8, 4) is 0 Å². The van der Waals surface area contributed by atoms with Crippen molar-refractivity contribution in [1.29, 1.82) is 0 Å². The molecule has 2 aromatic carbocycles. The largest absolute Gasteiger partial charge is 0.367 e. The van der Waals surface area contributed by atoms with Crippen LogP contribution in [0.1, 0.15) is 20.7 Å². The molecule has 96 valence electrons. The summed E-state index contributed by atoms with van der Waals surface area (Å²) in [4.78, 5) is 23.6. The van der Waals surface area contributed by atoms with E-state index >= 15 is 0 Å². The van der Waals surface area contributed by atoms with E-state index in [2.05, 4.69) is 5.32 Å². The van der Waals surface area contributed by atoms with Gasteiger partial charge in [-0.2, -0.15) is 0 Å². The summed E-state index contributed by atoms with van der Waals surface area (Å²) >= 11 is 0. The third-order valence-electron chi connectivity index (χ3n) is 2.61. The van der Waals surface area contributed by atoms with Crippen molar-refractivity contribution in [3.05, 3.63) is 71.8 Å². The lowest BCUT2D eigenvalue weighted by Gasteiger charge is -2.11. The van der Waals surface area contributed by atoms with Crippen LogP contribution in [0, 0.1) is 0 Å². The summed E-state index contributed by atoms with van der Waals surface area (Å²) in [7, 11) is 0. The highest BCUT2D eigenvalue weighted by atomic mass is 16.3. The Hall–Kier alpha value is -2.46. The highest BCUT2D eigenvalue weighted by Gasteiger charge is 2.19. The van der Waals surface area contributed by atoms with Gasteiger partial charge in [-0.15, -0.1) is 0 Å². The first-order valence-corrected chi connectivity index (χ1v) is 5.82. The van der Waals surface area contributed by atoms with Gasteiger partial charge in [0.2, 0.25) is 5.78 Å². The average Bonchev–Trinajstić information content (AvgIpc) is 2.48. The number of aliphatic hydroxyl groups excluding tert-OH is 1. The fourth-order valence-electron chi connectivity index (χ4n) is 1.62. The van der Waals surface area contributed by atoms with Gasteiger partial charge in [-0.1, -0.05) is 48.5 Å². The van der Waals surface area contributed by atoms with Crippen molar-refractivity contribution in [2.45, 2.75) is 6.23 Å². The van der Waals surface area contributed by atoms with Gasteiger partial charge in [0, 0.05) is 11.1 Å². The summed E-state index contributed by atoms with van der Waals surface area (Å²) < 4.78 is 0. The molecule has 0 aliphatic rings. The molecule has 19 heavy (non-hydrogen) atoms. The van der Waals surface area contributed by atoms with Crippen LogP contribution in [0.3, 0.4) is 0 Å². The molecule has 2 aromatic rings. The predicted octanol–water partition coefficient (Wildman–Crippen LogP) is 1.62. The minimum Gasteiger partial charge on any atom is -0.367 e. The summed E-state index contributed by atoms with van der Waals surface area (Å²) in [5.74, 6) is -1.03. The van der Waals surface area contributed by atoms with Gasteiger partial charge >= 0.3 is 0 Å². The molecular weight excluding hydrogens is 242 g/mol. The number of hydrogen-bond donors (Lipinski definition) is 2. The number of ketones is 1. The van der Waals surface area contributed by atoms with Crippen LogP contribution in [0.15, 0.2) is 60.7 Å². The first-order valence-electron chi connectivity index (χ1n) is 5.82. The van der Waals surface area contributed by atoms with Crippen LogP contribution in [0.25, 0.3) is 0 Å². The smallest absolute Gasteiger partial charge is 0.253 e. The number of aliphatic hydroxyl groups is 1. The minimum absolute atomic E-state index is 0.350. The molecule has 0 heterocycles. The van der Waals surface area contributed by atoms with Crippen LogP contribution in [-0.2, 0) is 0 Å². The Bertz CT molecular complexity index is 566. The van der Waals surface area contributed by atoms with Gasteiger partial charge < -0.3 is 10.4 Å². The van der Waals surface area contributed by atoms with Gasteiger partial charge in [-0.25, -0.2) is 0 Å². The fraction of sp³-hybridized carbons (Fsp3) is 0.0667. The normalized spacial score (nSPS) is 11.6. The zero-order valence-electron chi connectivity index (χ0n) is 10.1. The number of carbonyl (C=O) groups is 2. The summed E-state index contributed by atoms with van der Waals surface area (Å²) in [5, 5.41) is 12.0. The Labute approximate surface area is 110 Å². The molecule has 0 saturated carbocycles. The average molecular weight is 255 g/mol. The number of nitrogens with one attached hydrogen (secondary N) is 1. The van der Waals surface area contributed by atoms with Crippen molar-refractivity contribution in [1.82, 2.24) is 5.32 Å². The zero-order chi connectivity index (χ0) is 13.7. The third-order valence-corrected chi connectivity index (χ3v) is 2.61. The van der Waals surface area contributed by atoms with E-state index in [1.54, 1.807) is 60.7 Å². The van der Waals surface area contributed by atoms with E-state index in [0.29, 0.717) is 11.1 Å². The van der Waals surface area contributed by atoms with Crippen LogP contribution in [0.2, 0.25) is 0 Å². The second-order valence-electron chi connectivity index (χ2n) is 3.97. The van der Waals surface area contributed by atoms with Gasteiger partial charge in [0.1, 0.15) is 0 Å². The van der Waals surface area contributed by atoms with Crippen molar-refractivity contribution < 1.29 is 14.7 Å². The van der Waals surface area contributed by atoms with Crippen LogP contribution < -0.4 is 5.32 Å². The predicted molar refractivity (Wildman–Crippen MR) is 70.7 cm³/mol. The van der Waals surface area contributed by atoms with E-state index < -0.39 is 17.9 Å². The molecule has 4 heteroatoms. The van der Waals surface area contributed by atoms with Crippen LogP contribution >= 0.6 is 0 Å². The highest BCUT2D eigenvalue weighted by Crippen LogP contribution is 2.04. The molecule has 4 nitrogen and oxygen atoms in total. The molecule has 0 spiro atoms. The maximum absolute atomic E-state index is 11.8. The number of rotatable bonds is 4. The van der Waals surface area contributed by atoms with Gasteiger partial charge in [0.25, 0.3) is 5.91 Å². The number of Topliss-reactive ketones (excluding diaryl/α,β-unsaturated/α-hetero) is 1. The molecule has 0 radical (unpaired) electrons. The number of hydrogen-bond acceptors (Lipinski definition) is 3. The molecule has 0 bridgehead atoms. The molecule has 0 fully saturated rings. The lowest BCUT2D eigenvalue weighted by Crippen LogP contribution is -2.40. The molecular formula is C15H13NO3. The van der Waals surface area contributed by atoms with Gasteiger partial charge in [0.05, 0.1) is 0 Å². The van der Waals surface area contributed by atoms with Crippen LogP contribution in [0.5, 0.6) is 0 Å². The minimum atomic E-state index is -1.55. The Morgan fingerprint density at radius 1 is 0.842 bits per heavy atom. The Morgan fingerprint density at radius 2 is 1.32 bits per heavy atom. The third kappa shape index (κ3) is 3.26. The van der Waals surface area contributed by atoms with Crippen LogP contribution in [-0.4, -0.2) is 23.0 Å². The molecule has 1 atom stereocenters. The van der Waals surface area contributed by atoms with Gasteiger partial charge in [0.15, 0.2) is 6.23 Å². The molecule has 2 rings (SSSR count). The number of amides is 1. The lowest BCUT2D eigenvalue weighted by molar-refractivity contribution is 0.0607. The van der Waals surface area contributed by atoms with E-state index in [4.69, 9.17) is 0 Å². The summed E-state index contributed by atoms with van der Waals surface area (Å²) in [6.07, 6.45) is -1.55. The standard InChI is InChI=1S/C15H13NO3/c17-13(11-7-3-1-4-8-11)15(19)16-14(18)12-9-5-2-6-10-12/h1-10,15,19H,(H,16,18)/t15-/m0/s1. The first-order chi connectivity index (χ1) is 9.18. The number of carbonyl (C=O) groups excluding carboxylic acids is 2. The molecule has 0 aromatic heterocycles. The maximum atomic E-state index is 11.8. The lowest BCUT2D eigenvalue weighted by atomic mass is 10.1. The van der Waals surface area contributed by atoms with Crippen molar-refractivity contribution in [2.24, 2.45) is 0 Å². The molecule has 0 aliphatic carbocycles. The van der Waals surface area contributed by atoms with E-state index in [1.807, 2.05) is 0 Å². The monoisotopic (exact) mass is 255 g/mol. The Morgan fingerprint density at radius 3 is 1.84 bits per heavy atom. The molecule has 0 aliphatic heterocycles. The van der Waals surface area contributed by atoms with Crippen molar-refractivity contribution in [3.63, 3.8) is 0 Å². The fourth-order valence-corrected chi connectivity index (χ4v) is 1.62. The summed E-state index contributed by atoms with van der Waals surface area (Å²) in [6.45, 7) is 0. The SMILES string of the molecule is O=C(N[C@@H](O)C(=O)c1ccccc1)c1ccccc1. The first kappa shape index (κ1) is 13.0.